The molecule has 16 heavy (non-hydrogen) atoms. The van der Waals surface area contributed by atoms with Gasteiger partial charge in [-0.1, -0.05) is 17.7 Å². The van der Waals surface area contributed by atoms with Crippen LogP contribution in [0, 0.1) is 6.92 Å². The van der Waals surface area contributed by atoms with E-state index in [4.69, 9.17) is 9.47 Å². The molecule has 0 fully saturated rings. The summed E-state index contributed by atoms with van der Waals surface area (Å²) in [7, 11) is 1.63. The largest absolute Gasteiger partial charge is 0.459 e. The molecule has 0 aliphatic heterocycles. The minimum Gasteiger partial charge on any atom is -0.459 e. The van der Waals surface area contributed by atoms with Crippen LogP contribution in [-0.4, -0.2) is 25.8 Å². The fourth-order valence-electron chi connectivity index (χ4n) is 1.28. The summed E-state index contributed by atoms with van der Waals surface area (Å²) in [5.74, 6) is -0.274. The predicted octanol–water partition coefficient (Wildman–Crippen LogP) is 2.58. The summed E-state index contributed by atoms with van der Waals surface area (Å²) in [6.45, 7) is 4.45. The van der Waals surface area contributed by atoms with Gasteiger partial charge in [-0.25, -0.2) is 4.79 Å². The van der Waals surface area contributed by atoms with Crippen molar-refractivity contribution in [1.82, 2.24) is 0 Å². The highest BCUT2D eigenvalue weighted by Gasteiger charge is 2.11. The molecule has 0 aliphatic rings. The van der Waals surface area contributed by atoms with Crippen molar-refractivity contribution >= 4 is 5.97 Å². The molecule has 0 saturated heterocycles. The molecular formula is C13H18O3. The van der Waals surface area contributed by atoms with E-state index in [1.807, 2.05) is 26.0 Å². The molecule has 0 saturated carbocycles. The molecule has 1 rings (SSSR count). The topological polar surface area (TPSA) is 35.5 Å². The lowest BCUT2D eigenvalue weighted by Crippen LogP contribution is -2.16. The lowest BCUT2D eigenvalue weighted by molar-refractivity contribution is 0.0267. The number of benzene rings is 1. The van der Waals surface area contributed by atoms with E-state index in [2.05, 4.69) is 0 Å². The maximum Gasteiger partial charge on any atom is 0.338 e. The van der Waals surface area contributed by atoms with Gasteiger partial charge in [-0.05, 0) is 26.0 Å². The molecule has 3 heteroatoms. The third-order valence-corrected chi connectivity index (χ3v) is 2.32. The van der Waals surface area contributed by atoms with Crippen LogP contribution in [0.4, 0.5) is 0 Å². The van der Waals surface area contributed by atoms with Gasteiger partial charge in [0.15, 0.2) is 0 Å². The molecular weight excluding hydrogens is 204 g/mol. The lowest BCUT2D eigenvalue weighted by atomic mass is 10.1. The summed E-state index contributed by atoms with van der Waals surface area (Å²) in [5.41, 5.74) is 1.72. The Morgan fingerprint density at radius 3 is 2.50 bits per heavy atom. The Morgan fingerprint density at radius 2 is 1.94 bits per heavy atom. The van der Waals surface area contributed by atoms with Gasteiger partial charge in [-0.15, -0.1) is 0 Å². The monoisotopic (exact) mass is 222 g/mol. The molecule has 0 spiro atoms. The second-order valence-corrected chi connectivity index (χ2v) is 3.86. The lowest BCUT2D eigenvalue weighted by Gasteiger charge is -2.12. The number of hydrogen-bond acceptors (Lipinski definition) is 3. The standard InChI is InChI=1S/C13H18O3/c1-10-4-6-12(7-5-10)13(14)16-11(2)8-9-15-3/h4-7,11H,8-9H2,1-3H3. The number of aryl methyl sites for hydroxylation is 1. The van der Waals surface area contributed by atoms with E-state index in [0.29, 0.717) is 18.6 Å². The van der Waals surface area contributed by atoms with E-state index < -0.39 is 0 Å². The first kappa shape index (κ1) is 12.7. The molecule has 0 radical (unpaired) electrons. The molecule has 0 amide bonds. The Kier molecular flexibility index (Phi) is 4.99. The summed E-state index contributed by atoms with van der Waals surface area (Å²) in [6, 6.07) is 7.36. The molecule has 1 atom stereocenters. The van der Waals surface area contributed by atoms with Crippen LogP contribution in [0.2, 0.25) is 0 Å². The van der Waals surface area contributed by atoms with Crippen molar-refractivity contribution in [3.8, 4) is 0 Å². The van der Waals surface area contributed by atoms with Gasteiger partial charge in [-0.3, -0.25) is 0 Å². The maximum absolute atomic E-state index is 11.7. The smallest absolute Gasteiger partial charge is 0.338 e. The zero-order chi connectivity index (χ0) is 12.0. The normalized spacial score (nSPS) is 12.2. The van der Waals surface area contributed by atoms with Crippen LogP contribution in [0.5, 0.6) is 0 Å². The highest BCUT2D eigenvalue weighted by atomic mass is 16.5. The SMILES string of the molecule is COCCC(C)OC(=O)c1ccc(C)cc1. The summed E-state index contributed by atoms with van der Waals surface area (Å²) in [5, 5.41) is 0. The number of rotatable bonds is 5. The molecule has 88 valence electrons. The van der Waals surface area contributed by atoms with E-state index >= 15 is 0 Å². The number of esters is 1. The van der Waals surface area contributed by atoms with E-state index in [9.17, 15) is 4.79 Å². The third kappa shape index (κ3) is 4.03. The summed E-state index contributed by atoms with van der Waals surface area (Å²) < 4.78 is 10.2. The third-order valence-electron chi connectivity index (χ3n) is 2.32. The maximum atomic E-state index is 11.7. The molecule has 0 aromatic heterocycles. The van der Waals surface area contributed by atoms with E-state index in [-0.39, 0.29) is 12.1 Å². The number of carbonyl (C=O) groups excluding carboxylic acids is 1. The zero-order valence-electron chi connectivity index (χ0n) is 10.0. The van der Waals surface area contributed by atoms with Crippen molar-refractivity contribution in [3.63, 3.8) is 0 Å². The van der Waals surface area contributed by atoms with Crippen molar-refractivity contribution in [2.45, 2.75) is 26.4 Å². The number of hydrogen-bond donors (Lipinski definition) is 0. The van der Waals surface area contributed by atoms with Gasteiger partial charge in [-0.2, -0.15) is 0 Å². The summed E-state index contributed by atoms with van der Waals surface area (Å²) in [6.07, 6.45) is 0.599. The number of ether oxygens (including phenoxy) is 2. The van der Waals surface area contributed by atoms with Gasteiger partial charge in [0.2, 0.25) is 0 Å². The highest BCUT2D eigenvalue weighted by molar-refractivity contribution is 5.89. The average Bonchev–Trinajstić information content (AvgIpc) is 2.27. The first-order valence-electron chi connectivity index (χ1n) is 5.40. The van der Waals surface area contributed by atoms with Gasteiger partial charge in [0.1, 0.15) is 6.10 Å². The average molecular weight is 222 g/mol. The summed E-state index contributed by atoms with van der Waals surface area (Å²) in [4.78, 5) is 11.7. The number of carbonyl (C=O) groups is 1. The van der Waals surface area contributed by atoms with Gasteiger partial charge in [0.05, 0.1) is 5.56 Å². The van der Waals surface area contributed by atoms with Crippen molar-refractivity contribution in [3.05, 3.63) is 35.4 Å². The Bertz CT molecular complexity index is 330. The molecule has 0 heterocycles. The number of methoxy groups -OCH3 is 1. The second-order valence-electron chi connectivity index (χ2n) is 3.86. The van der Waals surface area contributed by atoms with Crippen LogP contribution in [-0.2, 0) is 9.47 Å². The van der Waals surface area contributed by atoms with Gasteiger partial charge >= 0.3 is 5.97 Å². The van der Waals surface area contributed by atoms with Crippen molar-refractivity contribution in [1.29, 1.82) is 0 Å². The molecule has 0 N–H and O–H groups in total. The van der Waals surface area contributed by atoms with Crippen molar-refractivity contribution in [2.75, 3.05) is 13.7 Å². The van der Waals surface area contributed by atoms with Crippen LogP contribution in [0.1, 0.15) is 29.3 Å². The van der Waals surface area contributed by atoms with E-state index in [1.165, 1.54) is 0 Å². The highest BCUT2D eigenvalue weighted by Crippen LogP contribution is 2.07. The molecule has 1 aromatic carbocycles. The van der Waals surface area contributed by atoms with Gasteiger partial charge in [0, 0.05) is 20.1 Å². The first-order valence-corrected chi connectivity index (χ1v) is 5.40. The fourth-order valence-corrected chi connectivity index (χ4v) is 1.28. The first-order chi connectivity index (χ1) is 7.63. The molecule has 1 unspecified atom stereocenters. The van der Waals surface area contributed by atoms with Gasteiger partial charge < -0.3 is 9.47 Å². The molecule has 3 nitrogen and oxygen atoms in total. The minimum absolute atomic E-state index is 0.117. The zero-order valence-corrected chi connectivity index (χ0v) is 10.0. The van der Waals surface area contributed by atoms with Crippen molar-refractivity contribution < 1.29 is 14.3 Å². The van der Waals surface area contributed by atoms with E-state index in [0.717, 1.165) is 5.56 Å². The Labute approximate surface area is 96.4 Å². The van der Waals surface area contributed by atoms with Crippen LogP contribution < -0.4 is 0 Å². The quantitative estimate of drug-likeness (QED) is 0.718. The van der Waals surface area contributed by atoms with Crippen LogP contribution in [0.3, 0.4) is 0 Å². The van der Waals surface area contributed by atoms with Crippen molar-refractivity contribution in [2.24, 2.45) is 0 Å². The fraction of sp³-hybridized carbons (Fsp3) is 0.462. The second kappa shape index (κ2) is 6.28. The Balaban J connectivity index is 2.48. The van der Waals surface area contributed by atoms with Crippen LogP contribution in [0.25, 0.3) is 0 Å². The molecule has 0 aliphatic carbocycles. The van der Waals surface area contributed by atoms with Gasteiger partial charge in [0.25, 0.3) is 0 Å². The molecule has 1 aromatic rings. The van der Waals surface area contributed by atoms with Crippen LogP contribution in [0.15, 0.2) is 24.3 Å². The predicted molar refractivity (Wildman–Crippen MR) is 62.5 cm³/mol. The van der Waals surface area contributed by atoms with E-state index in [1.54, 1.807) is 19.2 Å². The minimum atomic E-state index is -0.274. The Hall–Kier alpha value is -1.35. The Morgan fingerprint density at radius 1 is 1.31 bits per heavy atom. The summed E-state index contributed by atoms with van der Waals surface area (Å²) >= 11 is 0. The van der Waals surface area contributed by atoms with Crippen LogP contribution >= 0.6 is 0 Å². The molecule has 0 bridgehead atoms.